The first-order valence-electron chi connectivity index (χ1n) is 6.56. The van der Waals surface area contributed by atoms with Crippen molar-refractivity contribution >= 4 is 17.5 Å². The number of rotatable bonds is 3. The molecule has 3 heterocycles. The van der Waals surface area contributed by atoms with E-state index in [0.717, 1.165) is 5.69 Å². The van der Waals surface area contributed by atoms with Gasteiger partial charge in [-0.2, -0.15) is 5.10 Å². The fourth-order valence-electron chi connectivity index (χ4n) is 2.50. The van der Waals surface area contributed by atoms with E-state index in [1.165, 1.54) is 6.20 Å². The van der Waals surface area contributed by atoms with Crippen LogP contribution in [0.4, 0.5) is 0 Å². The molecule has 7 nitrogen and oxygen atoms in total. The highest BCUT2D eigenvalue weighted by atomic mass is 35.5. The molecule has 1 fully saturated rings. The Kier molecular flexibility index (Phi) is 3.85. The van der Waals surface area contributed by atoms with Crippen molar-refractivity contribution in [3.05, 3.63) is 41.2 Å². The van der Waals surface area contributed by atoms with Crippen LogP contribution >= 0.6 is 11.6 Å². The Bertz CT molecular complexity index is 633. The zero-order valence-electron chi connectivity index (χ0n) is 11.1. The molecule has 1 aliphatic heterocycles. The van der Waals surface area contributed by atoms with Gasteiger partial charge in [-0.05, 0) is 6.42 Å². The number of aromatic nitrogens is 4. The lowest BCUT2D eigenvalue weighted by atomic mass is 10.0. The van der Waals surface area contributed by atoms with Crippen LogP contribution in [0.5, 0.6) is 0 Å². The summed E-state index contributed by atoms with van der Waals surface area (Å²) in [6.45, 7) is 0.727. The average Bonchev–Trinajstić information content (AvgIpc) is 3.06. The summed E-state index contributed by atoms with van der Waals surface area (Å²) in [6, 6.07) is 0. The van der Waals surface area contributed by atoms with Gasteiger partial charge in [0.15, 0.2) is 0 Å². The number of aromatic amines is 1. The first kappa shape index (κ1) is 14.0. The van der Waals surface area contributed by atoms with Gasteiger partial charge in [0.2, 0.25) is 0 Å². The number of amides is 1. The van der Waals surface area contributed by atoms with Gasteiger partial charge in [-0.15, -0.1) is 0 Å². The molecule has 0 aliphatic carbocycles. The molecule has 1 aliphatic rings. The maximum absolute atomic E-state index is 12.3. The molecule has 0 unspecified atom stereocenters. The largest absolute Gasteiger partial charge is 0.391 e. The molecule has 0 spiro atoms. The number of nitrogens with zero attached hydrogens (tertiary/aromatic N) is 4. The molecule has 2 aromatic rings. The van der Waals surface area contributed by atoms with Gasteiger partial charge in [0.05, 0.1) is 23.0 Å². The summed E-state index contributed by atoms with van der Waals surface area (Å²) >= 11 is 5.89. The standard InChI is InChI=1S/C13H14ClN5O2/c14-10-5-17-18-12(10)13(21)19-6-8(11(20)7-19)3-9-4-15-1-2-16-9/h1-2,4-5,8,11,20H,3,6-7H2,(H,17,18)/t8-,11-/m1/s1. The van der Waals surface area contributed by atoms with E-state index in [9.17, 15) is 9.90 Å². The maximum Gasteiger partial charge on any atom is 0.273 e. The summed E-state index contributed by atoms with van der Waals surface area (Å²) in [5, 5.41) is 16.7. The molecule has 21 heavy (non-hydrogen) atoms. The predicted octanol–water partition coefficient (Wildman–Crippen LogP) is 0.529. The number of nitrogens with one attached hydrogen (secondary N) is 1. The van der Waals surface area contributed by atoms with E-state index in [-0.39, 0.29) is 29.1 Å². The Morgan fingerprint density at radius 3 is 2.95 bits per heavy atom. The molecule has 2 atom stereocenters. The van der Waals surface area contributed by atoms with Gasteiger partial charge in [0.25, 0.3) is 5.91 Å². The van der Waals surface area contributed by atoms with E-state index < -0.39 is 6.10 Å². The SMILES string of the molecule is O=C(c1[nH]ncc1Cl)N1C[C@@H](Cc2cnccn2)[C@H](O)C1. The zero-order chi connectivity index (χ0) is 14.8. The lowest BCUT2D eigenvalue weighted by Crippen LogP contribution is -2.30. The molecule has 1 amide bonds. The second kappa shape index (κ2) is 5.79. The number of halogens is 1. The predicted molar refractivity (Wildman–Crippen MR) is 74.7 cm³/mol. The highest BCUT2D eigenvalue weighted by molar-refractivity contribution is 6.33. The number of hydrogen-bond donors (Lipinski definition) is 2. The fourth-order valence-corrected chi connectivity index (χ4v) is 2.68. The van der Waals surface area contributed by atoms with Gasteiger partial charge in [-0.1, -0.05) is 11.6 Å². The van der Waals surface area contributed by atoms with Gasteiger partial charge in [0.1, 0.15) is 5.69 Å². The summed E-state index contributed by atoms with van der Waals surface area (Å²) in [5.74, 6) is -0.314. The first-order chi connectivity index (χ1) is 10.1. The number of H-pyrrole nitrogens is 1. The van der Waals surface area contributed by atoms with Crippen LogP contribution in [0.2, 0.25) is 5.02 Å². The normalized spacial score (nSPS) is 21.7. The summed E-state index contributed by atoms with van der Waals surface area (Å²) in [6.07, 6.45) is 6.27. The Hall–Kier alpha value is -1.99. The second-order valence-electron chi connectivity index (χ2n) is 5.03. The van der Waals surface area contributed by atoms with E-state index >= 15 is 0 Å². The molecule has 0 aromatic carbocycles. The maximum atomic E-state index is 12.3. The number of carbonyl (C=O) groups excluding carboxylic acids is 1. The van der Waals surface area contributed by atoms with Gasteiger partial charge >= 0.3 is 0 Å². The summed E-state index contributed by atoms with van der Waals surface area (Å²) in [4.78, 5) is 22.1. The Balaban J connectivity index is 1.69. The van der Waals surface area contributed by atoms with Crippen LogP contribution in [0, 0.1) is 5.92 Å². The zero-order valence-corrected chi connectivity index (χ0v) is 11.9. The van der Waals surface area contributed by atoms with Crippen LogP contribution in [0.25, 0.3) is 0 Å². The fraction of sp³-hybridized carbons (Fsp3) is 0.385. The summed E-state index contributed by atoms with van der Waals surface area (Å²) in [5.41, 5.74) is 1.06. The van der Waals surface area contributed by atoms with Crippen molar-refractivity contribution in [2.24, 2.45) is 5.92 Å². The number of β-amino-alcohol motifs (C(OH)–C–C–N with tert-alkyl or cyclic N) is 1. The minimum atomic E-state index is -0.586. The third-order valence-electron chi connectivity index (χ3n) is 3.59. The number of carbonyl (C=O) groups is 1. The molecular weight excluding hydrogens is 294 g/mol. The van der Waals surface area contributed by atoms with Crippen LogP contribution in [-0.4, -0.2) is 55.3 Å². The molecule has 0 saturated carbocycles. The number of aliphatic hydroxyl groups is 1. The number of hydrogen-bond acceptors (Lipinski definition) is 5. The van der Waals surface area contributed by atoms with Crippen molar-refractivity contribution in [1.82, 2.24) is 25.1 Å². The van der Waals surface area contributed by atoms with Crippen molar-refractivity contribution in [3.8, 4) is 0 Å². The third-order valence-corrected chi connectivity index (χ3v) is 3.88. The molecule has 2 N–H and O–H groups in total. The van der Waals surface area contributed by atoms with E-state index in [1.54, 1.807) is 23.5 Å². The summed E-state index contributed by atoms with van der Waals surface area (Å²) < 4.78 is 0. The minimum absolute atomic E-state index is 0.0626. The first-order valence-corrected chi connectivity index (χ1v) is 6.94. The van der Waals surface area contributed by atoms with Crippen LogP contribution in [-0.2, 0) is 6.42 Å². The van der Waals surface area contributed by atoms with Crippen molar-refractivity contribution in [2.45, 2.75) is 12.5 Å². The van der Waals surface area contributed by atoms with Crippen LogP contribution in [0.15, 0.2) is 24.8 Å². The third kappa shape index (κ3) is 2.88. The minimum Gasteiger partial charge on any atom is -0.391 e. The summed E-state index contributed by atoms with van der Waals surface area (Å²) in [7, 11) is 0. The van der Waals surface area contributed by atoms with Crippen molar-refractivity contribution in [2.75, 3.05) is 13.1 Å². The molecule has 3 rings (SSSR count). The molecule has 0 radical (unpaired) electrons. The van der Waals surface area contributed by atoms with Gasteiger partial charge in [0, 0.05) is 37.6 Å². The van der Waals surface area contributed by atoms with Crippen molar-refractivity contribution in [1.29, 1.82) is 0 Å². The monoisotopic (exact) mass is 307 g/mol. The number of aliphatic hydroxyl groups excluding tert-OH is 1. The van der Waals surface area contributed by atoms with E-state index in [2.05, 4.69) is 20.2 Å². The molecule has 8 heteroatoms. The van der Waals surface area contributed by atoms with E-state index in [4.69, 9.17) is 11.6 Å². The van der Waals surface area contributed by atoms with Crippen LogP contribution in [0.1, 0.15) is 16.2 Å². The van der Waals surface area contributed by atoms with E-state index in [1.807, 2.05) is 0 Å². The molecule has 0 bridgehead atoms. The highest BCUT2D eigenvalue weighted by Crippen LogP contribution is 2.23. The molecule has 2 aromatic heterocycles. The lowest BCUT2D eigenvalue weighted by molar-refractivity contribution is 0.0759. The van der Waals surface area contributed by atoms with E-state index in [0.29, 0.717) is 13.0 Å². The smallest absolute Gasteiger partial charge is 0.273 e. The Labute approximate surface area is 126 Å². The average molecular weight is 308 g/mol. The molecule has 1 saturated heterocycles. The van der Waals surface area contributed by atoms with Gasteiger partial charge in [-0.25, -0.2) is 0 Å². The Morgan fingerprint density at radius 2 is 2.29 bits per heavy atom. The Morgan fingerprint density at radius 1 is 1.43 bits per heavy atom. The topological polar surface area (TPSA) is 95.0 Å². The lowest BCUT2D eigenvalue weighted by Gasteiger charge is -2.15. The number of likely N-dealkylation sites (tertiary alicyclic amines) is 1. The van der Waals surface area contributed by atoms with Crippen molar-refractivity contribution < 1.29 is 9.90 Å². The molecule has 110 valence electrons. The second-order valence-corrected chi connectivity index (χ2v) is 5.44. The van der Waals surface area contributed by atoms with Crippen LogP contribution < -0.4 is 0 Å². The van der Waals surface area contributed by atoms with Crippen molar-refractivity contribution in [3.63, 3.8) is 0 Å². The van der Waals surface area contributed by atoms with Crippen LogP contribution in [0.3, 0.4) is 0 Å². The van der Waals surface area contributed by atoms with Gasteiger partial charge in [-0.3, -0.25) is 19.9 Å². The molecular formula is C13H14ClN5O2. The highest BCUT2D eigenvalue weighted by Gasteiger charge is 2.35. The quantitative estimate of drug-likeness (QED) is 0.862. The van der Waals surface area contributed by atoms with Gasteiger partial charge < -0.3 is 10.0 Å².